The molecule has 0 saturated carbocycles. The van der Waals surface area contributed by atoms with Crippen molar-refractivity contribution in [3.8, 4) is 0 Å². The summed E-state index contributed by atoms with van der Waals surface area (Å²) in [5, 5.41) is 5.65. The number of piperazine rings is 1. The lowest BCUT2D eigenvalue weighted by atomic mass is 9.97. The number of hydrogen-bond donors (Lipinski definition) is 2. The van der Waals surface area contributed by atoms with Crippen molar-refractivity contribution in [1.82, 2.24) is 15.1 Å². The maximum Gasteiger partial charge on any atom is 0.319 e. The highest BCUT2D eigenvalue weighted by Crippen LogP contribution is 2.18. The van der Waals surface area contributed by atoms with Gasteiger partial charge in [0.25, 0.3) is 5.91 Å². The average molecular weight is 437 g/mol. The van der Waals surface area contributed by atoms with Crippen molar-refractivity contribution in [2.24, 2.45) is 5.92 Å². The fourth-order valence-electron chi connectivity index (χ4n) is 3.92. The highest BCUT2D eigenvalue weighted by Gasteiger charge is 2.35. The molecule has 32 heavy (non-hydrogen) atoms. The Hall–Kier alpha value is -3.35. The minimum absolute atomic E-state index is 0.0240. The number of anilines is 1. The molecular weight excluding hydrogens is 404 g/mol. The molecule has 170 valence electrons. The smallest absolute Gasteiger partial charge is 0.319 e. The number of urea groups is 1. The van der Waals surface area contributed by atoms with Gasteiger partial charge in [0, 0.05) is 36.9 Å². The molecule has 0 bridgehead atoms. The zero-order valence-corrected chi connectivity index (χ0v) is 19.0. The Bertz CT molecular complexity index is 919. The Balaban J connectivity index is 1.64. The van der Waals surface area contributed by atoms with Crippen molar-refractivity contribution >= 4 is 23.5 Å². The van der Waals surface area contributed by atoms with E-state index in [-0.39, 0.29) is 23.8 Å². The number of carbonyl (C=O) groups is 3. The summed E-state index contributed by atoms with van der Waals surface area (Å²) in [4.78, 5) is 42.3. The van der Waals surface area contributed by atoms with Crippen LogP contribution in [0.4, 0.5) is 10.5 Å². The lowest BCUT2D eigenvalue weighted by molar-refractivity contribution is -0.136. The van der Waals surface area contributed by atoms with Crippen LogP contribution in [0.1, 0.15) is 37.6 Å². The van der Waals surface area contributed by atoms with Crippen LogP contribution in [0.3, 0.4) is 0 Å². The van der Waals surface area contributed by atoms with Crippen molar-refractivity contribution in [1.29, 1.82) is 0 Å². The molecule has 1 aliphatic rings. The zero-order chi connectivity index (χ0) is 23.1. The van der Waals surface area contributed by atoms with Gasteiger partial charge >= 0.3 is 6.03 Å². The number of para-hydroxylation sites is 1. The maximum atomic E-state index is 13.4. The molecule has 0 spiro atoms. The molecule has 2 aromatic carbocycles. The second-order valence-electron chi connectivity index (χ2n) is 8.33. The van der Waals surface area contributed by atoms with Gasteiger partial charge in [-0.05, 0) is 37.1 Å². The fraction of sp³-hybridized carbons (Fsp3) is 0.400. The highest BCUT2D eigenvalue weighted by atomic mass is 16.2. The van der Waals surface area contributed by atoms with Crippen LogP contribution in [-0.2, 0) is 4.79 Å². The molecule has 7 nitrogen and oxygen atoms in total. The van der Waals surface area contributed by atoms with Gasteiger partial charge in [-0.3, -0.25) is 9.59 Å². The molecule has 2 N–H and O–H groups in total. The summed E-state index contributed by atoms with van der Waals surface area (Å²) >= 11 is 0. The van der Waals surface area contributed by atoms with E-state index in [9.17, 15) is 14.4 Å². The summed E-state index contributed by atoms with van der Waals surface area (Å²) < 4.78 is 0. The van der Waals surface area contributed by atoms with Gasteiger partial charge in [0.15, 0.2) is 0 Å². The first-order chi connectivity index (χ1) is 15.4. The molecular formula is C25H32N4O3. The van der Waals surface area contributed by atoms with Gasteiger partial charge in [-0.2, -0.15) is 0 Å². The highest BCUT2D eigenvalue weighted by molar-refractivity contribution is 5.95. The van der Waals surface area contributed by atoms with Crippen LogP contribution in [0.5, 0.6) is 0 Å². The molecule has 1 heterocycles. The van der Waals surface area contributed by atoms with Gasteiger partial charge in [-0.15, -0.1) is 0 Å². The lowest BCUT2D eigenvalue weighted by Gasteiger charge is -2.41. The van der Waals surface area contributed by atoms with E-state index in [0.717, 1.165) is 6.42 Å². The molecule has 2 aromatic rings. The average Bonchev–Trinajstić information content (AvgIpc) is 2.82. The maximum absolute atomic E-state index is 13.4. The third kappa shape index (κ3) is 5.66. The number of hydrogen-bond acceptors (Lipinski definition) is 3. The molecule has 1 aliphatic heterocycles. The van der Waals surface area contributed by atoms with Crippen LogP contribution in [0.15, 0.2) is 60.7 Å². The third-order valence-electron chi connectivity index (χ3n) is 6.02. The van der Waals surface area contributed by atoms with Crippen LogP contribution in [0, 0.1) is 5.92 Å². The van der Waals surface area contributed by atoms with Gasteiger partial charge < -0.3 is 20.4 Å². The molecule has 0 aliphatic carbocycles. The molecule has 0 radical (unpaired) electrons. The Morgan fingerprint density at radius 3 is 2.22 bits per heavy atom. The Labute approximate surface area is 189 Å². The summed E-state index contributed by atoms with van der Waals surface area (Å²) in [6.07, 6.45) is 0.754. The largest absolute Gasteiger partial charge is 0.337 e. The lowest BCUT2D eigenvalue weighted by Crippen LogP contribution is -2.60. The minimum atomic E-state index is -0.632. The standard InChI is InChI=1S/C25H32N4O3/c1-4-18(2)22(27-25(32)26-21-13-9-6-10-14-21)24(31)28-15-16-29(19(3)17-28)23(30)20-11-7-5-8-12-20/h5-14,18-19,22H,4,15-17H2,1-3H3,(H2,26,27,32). The van der Waals surface area contributed by atoms with Crippen molar-refractivity contribution in [3.05, 3.63) is 66.2 Å². The van der Waals surface area contributed by atoms with Gasteiger partial charge in [-0.1, -0.05) is 56.7 Å². The SMILES string of the molecule is CCC(C)C(NC(=O)Nc1ccccc1)C(=O)N1CCN(C(=O)c2ccccc2)C(C)C1. The summed E-state index contributed by atoms with van der Waals surface area (Å²) in [6.45, 7) is 7.26. The number of rotatable bonds is 6. The van der Waals surface area contributed by atoms with E-state index >= 15 is 0 Å². The van der Waals surface area contributed by atoms with Crippen LogP contribution in [0.25, 0.3) is 0 Å². The predicted octanol–water partition coefficient (Wildman–Crippen LogP) is 3.60. The van der Waals surface area contributed by atoms with E-state index in [1.807, 2.05) is 62.1 Å². The van der Waals surface area contributed by atoms with Crippen molar-refractivity contribution < 1.29 is 14.4 Å². The van der Waals surface area contributed by atoms with E-state index in [4.69, 9.17) is 0 Å². The van der Waals surface area contributed by atoms with Crippen molar-refractivity contribution in [2.75, 3.05) is 25.0 Å². The van der Waals surface area contributed by atoms with Crippen LogP contribution in [-0.4, -0.2) is 59.4 Å². The van der Waals surface area contributed by atoms with E-state index in [2.05, 4.69) is 10.6 Å². The van der Waals surface area contributed by atoms with E-state index in [1.54, 1.807) is 29.2 Å². The normalized spacial score (nSPS) is 17.9. The first-order valence-corrected chi connectivity index (χ1v) is 11.2. The number of benzene rings is 2. The Kier molecular flexibility index (Phi) is 7.87. The quantitative estimate of drug-likeness (QED) is 0.726. The molecule has 7 heteroatoms. The summed E-state index contributed by atoms with van der Waals surface area (Å²) in [5.41, 5.74) is 1.32. The number of nitrogens with one attached hydrogen (secondary N) is 2. The zero-order valence-electron chi connectivity index (χ0n) is 19.0. The van der Waals surface area contributed by atoms with E-state index in [0.29, 0.717) is 30.9 Å². The first kappa shape index (κ1) is 23.3. The molecule has 1 saturated heterocycles. The van der Waals surface area contributed by atoms with Gasteiger partial charge in [0.2, 0.25) is 5.91 Å². The third-order valence-corrected chi connectivity index (χ3v) is 6.02. The van der Waals surface area contributed by atoms with Crippen molar-refractivity contribution in [2.45, 2.75) is 39.3 Å². The topological polar surface area (TPSA) is 81.8 Å². The van der Waals surface area contributed by atoms with Gasteiger partial charge in [-0.25, -0.2) is 4.79 Å². The summed E-state index contributed by atoms with van der Waals surface area (Å²) in [6, 6.07) is 17.2. The fourth-order valence-corrected chi connectivity index (χ4v) is 3.92. The molecule has 3 unspecified atom stereocenters. The Morgan fingerprint density at radius 1 is 1.00 bits per heavy atom. The minimum Gasteiger partial charge on any atom is -0.337 e. The van der Waals surface area contributed by atoms with Crippen LogP contribution in [0.2, 0.25) is 0 Å². The molecule has 1 fully saturated rings. The molecule has 4 amide bonds. The van der Waals surface area contributed by atoms with Crippen LogP contribution >= 0.6 is 0 Å². The van der Waals surface area contributed by atoms with Gasteiger partial charge in [0.1, 0.15) is 6.04 Å². The van der Waals surface area contributed by atoms with E-state index < -0.39 is 12.1 Å². The number of carbonyl (C=O) groups excluding carboxylic acids is 3. The molecule has 3 atom stereocenters. The summed E-state index contributed by atoms with van der Waals surface area (Å²) in [5.74, 6) is -0.159. The number of amides is 4. The Morgan fingerprint density at radius 2 is 1.62 bits per heavy atom. The molecule has 0 aromatic heterocycles. The summed E-state index contributed by atoms with van der Waals surface area (Å²) in [7, 11) is 0. The number of nitrogens with zero attached hydrogens (tertiary/aromatic N) is 2. The molecule has 3 rings (SSSR count). The monoisotopic (exact) mass is 436 g/mol. The van der Waals surface area contributed by atoms with Crippen LogP contribution < -0.4 is 10.6 Å². The van der Waals surface area contributed by atoms with E-state index in [1.165, 1.54) is 0 Å². The second-order valence-corrected chi connectivity index (χ2v) is 8.33. The van der Waals surface area contributed by atoms with Crippen molar-refractivity contribution in [3.63, 3.8) is 0 Å². The predicted molar refractivity (Wildman–Crippen MR) is 125 cm³/mol. The second kappa shape index (κ2) is 10.8. The first-order valence-electron chi connectivity index (χ1n) is 11.2. The van der Waals surface area contributed by atoms with Gasteiger partial charge in [0.05, 0.1) is 0 Å².